The van der Waals surface area contributed by atoms with Gasteiger partial charge >= 0.3 is 0 Å². The SMILES string of the molecule is C[C@H](CCc1ccccc1)NC(=O)[C@H]1CCCN1C(=O)CC(C)(C)C. The van der Waals surface area contributed by atoms with Crippen LogP contribution in [0.3, 0.4) is 0 Å². The van der Waals surface area contributed by atoms with Crippen LogP contribution in [0.15, 0.2) is 30.3 Å². The predicted molar refractivity (Wildman–Crippen MR) is 101 cm³/mol. The maximum absolute atomic E-state index is 12.6. The molecule has 1 aliphatic heterocycles. The highest BCUT2D eigenvalue weighted by atomic mass is 16.2. The summed E-state index contributed by atoms with van der Waals surface area (Å²) >= 11 is 0. The Balaban J connectivity index is 1.85. The summed E-state index contributed by atoms with van der Waals surface area (Å²) in [6.07, 6.45) is 4.01. The maximum Gasteiger partial charge on any atom is 0.243 e. The molecule has 1 aromatic carbocycles. The van der Waals surface area contributed by atoms with Gasteiger partial charge in [-0.1, -0.05) is 51.1 Å². The number of carbonyl (C=O) groups excluding carboxylic acids is 2. The number of amides is 2. The molecule has 0 spiro atoms. The molecule has 2 atom stereocenters. The minimum absolute atomic E-state index is 0.000297. The summed E-state index contributed by atoms with van der Waals surface area (Å²) in [7, 11) is 0. The zero-order valence-corrected chi connectivity index (χ0v) is 16.0. The van der Waals surface area contributed by atoms with E-state index in [0.29, 0.717) is 13.0 Å². The highest BCUT2D eigenvalue weighted by molar-refractivity contribution is 5.88. The Kier molecular flexibility index (Phi) is 6.63. The van der Waals surface area contributed by atoms with Gasteiger partial charge in [-0.2, -0.15) is 0 Å². The Morgan fingerprint density at radius 2 is 1.92 bits per heavy atom. The second-order valence-corrected chi connectivity index (χ2v) is 8.42. The minimum Gasteiger partial charge on any atom is -0.352 e. The number of hydrogen-bond donors (Lipinski definition) is 1. The molecular formula is C21H32N2O2. The fraction of sp³-hybridized carbons (Fsp3) is 0.619. The molecule has 0 saturated carbocycles. The first-order valence-corrected chi connectivity index (χ1v) is 9.40. The summed E-state index contributed by atoms with van der Waals surface area (Å²) in [5.74, 6) is 0.0995. The van der Waals surface area contributed by atoms with Crippen molar-refractivity contribution in [2.45, 2.75) is 71.9 Å². The van der Waals surface area contributed by atoms with Crippen molar-refractivity contribution < 1.29 is 9.59 Å². The van der Waals surface area contributed by atoms with Gasteiger partial charge in [0.15, 0.2) is 0 Å². The molecule has 138 valence electrons. The van der Waals surface area contributed by atoms with E-state index in [2.05, 4.69) is 38.2 Å². The molecule has 1 fully saturated rings. The van der Waals surface area contributed by atoms with Crippen LogP contribution in [0.4, 0.5) is 0 Å². The molecule has 1 aliphatic rings. The van der Waals surface area contributed by atoms with E-state index >= 15 is 0 Å². The molecule has 1 aromatic rings. The molecule has 2 amide bonds. The smallest absolute Gasteiger partial charge is 0.243 e. The first-order chi connectivity index (χ1) is 11.8. The zero-order valence-electron chi connectivity index (χ0n) is 16.0. The molecule has 1 heterocycles. The second-order valence-electron chi connectivity index (χ2n) is 8.42. The largest absolute Gasteiger partial charge is 0.352 e. The van der Waals surface area contributed by atoms with Gasteiger partial charge in [-0.15, -0.1) is 0 Å². The van der Waals surface area contributed by atoms with Crippen molar-refractivity contribution in [2.24, 2.45) is 5.41 Å². The Bertz CT molecular complexity index is 577. The lowest BCUT2D eigenvalue weighted by Crippen LogP contribution is -2.48. The van der Waals surface area contributed by atoms with Gasteiger partial charge < -0.3 is 10.2 Å². The summed E-state index contributed by atoms with van der Waals surface area (Å²) in [5, 5.41) is 3.11. The molecule has 0 aromatic heterocycles. The van der Waals surface area contributed by atoms with Gasteiger partial charge in [-0.25, -0.2) is 0 Å². The standard InChI is InChI=1S/C21H32N2O2/c1-16(12-13-17-9-6-5-7-10-17)22-20(25)18-11-8-14-23(18)19(24)15-21(2,3)4/h5-7,9-10,16,18H,8,11-15H2,1-4H3,(H,22,25)/t16-,18-/m1/s1. The van der Waals surface area contributed by atoms with Gasteiger partial charge in [0.2, 0.25) is 11.8 Å². The topological polar surface area (TPSA) is 49.4 Å². The third-order valence-corrected chi connectivity index (χ3v) is 4.65. The molecule has 4 heteroatoms. The fourth-order valence-electron chi connectivity index (χ4n) is 3.33. The van der Waals surface area contributed by atoms with Crippen LogP contribution in [0, 0.1) is 5.41 Å². The van der Waals surface area contributed by atoms with Crippen molar-refractivity contribution in [3.63, 3.8) is 0 Å². The zero-order chi connectivity index (χ0) is 18.4. The molecule has 25 heavy (non-hydrogen) atoms. The second kappa shape index (κ2) is 8.50. The van der Waals surface area contributed by atoms with Gasteiger partial charge in [0, 0.05) is 19.0 Å². The minimum atomic E-state index is -0.297. The summed E-state index contributed by atoms with van der Waals surface area (Å²) in [4.78, 5) is 26.9. The molecule has 1 N–H and O–H groups in total. The van der Waals surface area contributed by atoms with E-state index in [-0.39, 0.29) is 29.3 Å². The van der Waals surface area contributed by atoms with Crippen LogP contribution in [0.2, 0.25) is 0 Å². The van der Waals surface area contributed by atoms with Gasteiger partial charge in [0.25, 0.3) is 0 Å². The number of hydrogen-bond acceptors (Lipinski definition) is 2. The van der Waals surface area contributed by atoms with Crippen molar-refractivity contribution in [2.75, 3.05) is 6.54 Å². The number of nitrogens with one attached hydrogen (secondary N) is 1. The first-order valence-electron chi connectivity index (χ1n) is 9.40. The normalized spacial score (nSPS) is 18.9. The van der Waals surface area contributed by atoms with Crippen molar-refractivity contribution in [1.82, 2.24) is 10.2 Å². The summed E-state index contributed by atoms with van der Waals surface area (Å²) in [5.41, 5.74) is 1.23. The Morgan fingerprint density at radius 1 is 1.24 bits per heavy atom. The molecule has 0 radical (unpaired) electrons. The van der Waals surface area contributed by atoms with Crippen molar-refractivity contribution in [1.29, 1.82) is 0 Å². The van der Waals surface area contributed by atoms with E-state index in [9.17, 15) is 9.59 Å². The molecule has 0 aliphatic carbocycles. The predicted octanol–water partition coefficient (Wildman–Crippen LogP) is 3.55. The lowest BCUT2D eigenvalue weighted by Gasteiger charge is -2.28. The van der Waals surface area contributed by atoms with E-state index < -0.39 is 0 Å². The van der Waals surface area contributed by atoms with Crippen LogP contribution in [-0.2, 0) is 16.0 Å². The van der Waals surface area contributed by atoms with Gasteiger partial charge in [0.05, 0.1) is 0 Å². The summed E-state index contributed by atoms with van der Waals surface area (Å²) in [6, 6.07) is 10.1. The van der Waals surface area contributed by atoms with Crippen LogP contribution in [0.25, 0.3) is 0 Å². The average Bonchev–Trinajstić information content (AvgIpc) is 3.02. The van der Waals surface area contributed by atoms with E-state index in [1.165, 1.54) is 5.56 Å². The number of benzene rings is 1. The third-order valence-electron chi connectivity index (χ3n) is 4.65. The van der Waals surface area contributed by atoms with Crippen molar-refractivity contribution >= 4 is 11.8 Å². The molecule has 0 bridgehead atoms. The highest BCUT2D eigenvalue weighted by Crippen LogP contribution is 2.25. The maximum atomic E-state index is 12.6. The van der Waals surface area contributed by atoms with Crippen LogP contribution in [-0.4, -0.2) is 35.3 Å². The summed E-state index contributed by atoms with van der Waals surface area (Å²) < 4.78 is 0. The quantitative estimate of drug-likeness (QED) is 0.858. The van der Waals surface area contributed by atoms with Gasteiger partial charge in [-0.05, 0) is 43.6 Å². The van der Waals surface area contributed by atoms with E-state index in [4.69, 9.17) is 0 Å². The third kappa shape index (κ3) is 6.18. The molecule has 2 rings (SSSR count). The molecule has 0 unspecified atom stereocenters. The number of carbonyl (C=O) groups is 2. The highest BCUT2D eigenvalue weighted by Gasteiger charge is 2.35. The molecular weight excluding hydrogens is 312 g/mol. The van der Waals surface area contributed by atoms with Crippen LogP contribution >= 0.6 is 0 Å². The first kappa shape index (κ1) is 19.5. The fourth-order valence-corrected chi connectivity index (χ4v) is 3.33. The lowest BCUT2D eigenvalue weighted by atomic mass is 9.91. The number of rotatable bonds is 6. The van der Waals surface area contributed by atoms with Crippen LogP contribution < -0.4 is 5.32 Å². The van der Waals surface area contributed by atoms with Crippen LogP contribution in [0.1, 0.15) is 58.9 Å². The Hall–Kier alpha value is -1.84. The van der Waals surface area contributed by atoms with Gasteiger partial charge in [0.1, 0.15) is 6.04 Å². The number of nitrogens with zero attached hydrogens (tertiary/aromatic N) is 1. The van der Waals surface area contributed by atoms with E-state index in [1.54, 1.807) is 4.90 Å². The molecule has 4 nitrogen and oxygen atoms in total. The van der Waals surface area contributed by atoms with Gasteiger partial charge in [-0.3, -0.25) is 9.59 Å². The number of likely N-dealkylation sites (tertiary alicyclic amines) is 1. The number of aryl methyl sites for hydroxylation is 1. The van der Waals surface area contributed by atoms with Crippen molar-refractivity contribution in [3.05, 3.63) is 35.9 Å². The van der Waals surface area contributed by atoms with Crippen LogP contribution in [0.5, 0.6) is 0 Å². The lowest BCUT2D eigenvalue weighted by molar-refractivity contribution is -0.140. The monoisotopic (exact) mass is 344 g/mol. The summed E-state index contributed by atoms with van der Waals surface area (Å²) in [6.45, 7) is 8.91. The molecule has 1 saturated heterocycles. The average molecular weight is 344 g/mol. The van der Waals surface area contributed by atoms with E-state index in [1.807, 2.05) is 25.1 Å². The Labute approximate surface area is 152 Å². The Morgan fingerprint density at radius 3 is 2.56 bits per heavy atom. The van der Waals surface area contributed by atoms with Crippen molar-refractivity contribution in [3.8, 4) is 0 Å². The van der Waals surface area contributed by atoms with E-state index in [0.717, 1.165) is 25.7 Å².